The summed E-state index contributed by atoms with van der Waals surface area (Å²) < 4.78 is 0. The van der Waals surface area contributed by atoms with E-state index in [0.29, 0.717) is 5.41 Å². The van der Waals surface area contributed by atoms with Crippen LogP contribution in [0.5, 0.6) is 0 Å². The van der Waals surface area contributed by atoms with E-state index in [-0.39, 0.29) is 12.7 Å². The fraction of sp³-hybridized carbons (Fsp3) is 1.00. The van der Waals surface area contributed by atoms with Crippen molar-refractivity contribution in [3.63, 3.8) is 0 Å². The van der Waals surface area contributed by atoms with E-state index in [9.17, 15) is 0 Å². The Kier molecular flexibility index (Phi) is 18.3. The molecule has 5 nitrogen and oxygen atoms in total. The standard InChI is InChI=1S/C9H19N.C7H15NO.C7H15N.C2H6O/c1-4-10-7-5-9(2,3)6-8-10;1-2-8-5-6-3-7(9)4-6;1-2-8-6-4-3-5-7-8;1-2-3/h4-8H2,1-3H3;6-9H,2-5H2,1H3;2-7H2,1H3;3H,2H2,1H3. The zero-order valence-electron chi connectivity index (χ0n) is 21.3. The lowest BCUT2D eigenvalue weighted by Gasteiger charge is -2.36. The van der Waals surface area contributed by atoms with Gasteiger partial charge < -0.3 is 25.3 Å². The predicted molar refractivity (Wildman–Crippen MR) is 131 cm³/mol. The molecule has 5 heteroatoms. The van der Waals surface area contributed by atoms with Gasteiger partial charge in [-0.2, -0.15) is 0 Å². The van der Waals surface area contributed by atoms with Gasteiger partial charge in [0.25, 0.3) is 0 Å². The first-order chi connectivity index (χ1) is 14.3. The van der Waals surface area contributed by atoms with Crippen LogP contribution in [0.4, 0.5) is 0 Å². The van der Waals surface area contributed by atoms with Crippen molar-refractivity contribution >= 4 is 0 Å². The Hall–Kier alpha value is -0.200. The summed E-state index contributed by atoms with van der Waals surface area (Å²) in [6.07, 6.45) is 9.08. The van der Waals surface area contributed by atoms with E-state index >= 15 is 0 Å². The summed E-state index contributed by atoms with van der Waals surface area (Å²) in [5.74, 6) is 0.750. The minimum absolute atomic E-state index is 0.00801. The fourth-order valence-corrected chi connectivity index (χ4v) is 3.97. The number of aliphatic hydroxyl groups excluding tert-OH is 2. The highest BCUT2D eigenvalue weighted by atomic mass is 16.3. The van der Waals surface area contributed by atoms with Crippen molar-refractivity contribution in [3.8, 4) is 0 Å². The summed E-state index contributed by atoms with van der Waals surface area (Å²) >= 11 is 0. The van der Waals surface area contributed by atoms with Crippen molar-refractivity contribution in [1.82, 2.24) is 15.1 Å². The van der Waals surface area contributed by atoms with Crippen LogP contribution < -0.4 is 5.32 Å². The largest absolute Gasteiger partial charge is 0.397 e. The molecule has 0 spiro atoms. The normalized spacial score (nSPS) is 26.0. The molecule has 0 bridgehead atoms. The van der Waals surface area contributed by atoms with Gasteiger partial charge in [-0.3, -0.25) is 0 Å². The summed E-state index contributed by atoms with van der Waals surface area (Å²) in [4.78, 5) is 5.05. The van der Waals surface area contributed by atoms with Crippen LogP contribution in [0, 0.1) is 11.3 Å². The van der Waals surface area contributed by atoms with Crippen molar-refractivity contribution in [1.29, 1.82) is 0 Å². The Labute approximate surface area is 188 Å². The van der Waals surface area contributed by atoms with E-state index in [2.05, 4.69) is 49.7 Å². The number of aliphatic hydroxyl groups is 2. The average molecular weight is 430 g/mol. The second-order valence-electron chi connectivity index (χ2n) is 9.71. The highest BCUT2D eigenvalue weighted by Gasteiger charge is 2.26. The minimum atomic E-state index is 0.00801. The summed E-state index contributed by atoms with van der Waals surface area (Å²) in [5.41, 5.74) is 0.617. The van der Waals surface area contributed by atoms with Crippen molar-refractivity contribution in [2.24, 2.45) is 11.3 Å². The monoisotopic (exact) mass is 429 g/mol. The summed E-state index contributed by atoms with van der Waals surface area (Å²) in [6, 6.07) is 0. The second-order valence-corrected chi connectivity index (χ2v) is 9.71. The van der Waals surface area contributed by atoms with Gasteiger partial charge in [0.1, 0.15) is 0 Å². The molecule has 3 aliphatic rings. The molecule has 0 aromatic rings. The van der Waals surface area contributed by atoms with Gasteiger partial charge in [-0.1, -0.05) is 41.0 Å². The predicted octanol–water partition coefficient (Wildman–Crippen LogP) is 3.99. The van der Waals surface area contributed by atoms with Crippen LogP contribution in [0.15, 0.2) is 0 Å². The highest BCUT2D eigenvalue weighted by Crippen LogP contribution is 2.29. The maximum atomic E-state index is 8.89. The molecule has 0 aromatic heterocycles. The summed E-state index contributed by atoms with van der Waals surface area (Å²) in [6.45, 7) is 23.2. The van der Waals surface area contributed by atoms with E-state index in [1.807, 2.05) is 0 Å². The van der Waals surface area contributed by atoms with Crippen molar-refractivity contribution in [2.75, 3.05) is 59.0 Å². The molecule has 0 unspecified atom stereocenters. The van der Waals surface area contributed by atoms with E-state index in [1.165, 1.54) is 71.4 Å². The second kappa shape index (κ2) is 18.4. The third-order valence-electron chi connectivity index (χ3n) is 6.45. The molecule has 3 N–H and O–H groups in total. The zero-order valence-corrected chi connectivity index (χ0v) is 21.3. The highest BCUT2D eigenvalue weighted by molar-refractivity contribution is 4.79. The van der Waals surface area contributed by atoms with Gasteiger partial charge in [-0.05, 0) is 109 Å². The summed E-state index contributed by atoms with van der Waals surface area (Å²) in [5, 5.41) is 19.7. The molecule has 0 aromatic carbocycles. The molecule has 182 valence electrons. The molecule has 0 atom stereocenters. The van der Waals surface area contributed by atoms with Gasteiger partial charge in [0.05, 0.1) is 6.10 Å². The lowest BCUT2D eigenvalue weighted by molar-refractivity contribution is 0.0433. The molecule has 1 saturated carbocycles. The van der Waals surface area contributed by atoms with Crippen LogP contribution in [-0.4, -0.2) is 85.1 Å². The first-order valence-electron chi connectivity index (χ1n) is 12.8. The lowest BCUT2D eigenvalue weighted by Crippen LogP contribution is -2.36. The molecular formula is C25H55N3O2. The van der Waals surface area contributed by atoms with Gasteiger partial charge >= 0.3 is 0 Å². The molecule has 3 rings (SSSR count). The molecule has 0 amide bonds. The molecule has 3 fully saturated rings. The third-order valence-corrected chi connectivity index (χ3v) is 6.45. The number of piperidine rings is 2. The van der Waals surface area contributed by atoms with Crippen LogP contribution in [-0.2, 0) is 0 Å². The van der Waals surface area contributed by atoms with Crippen LogP contribution in [0.25, 0.3) is 0 Å². The fourth-order valence-electron chi connectivity index (χ4n) is 3.97. The number of nitrogens with zero attached hydrogens (tertiary/aromatic N) is 2. The van der Waals surface area contributed by atoms with Gasteiger partial charge in [-0.25, -0.2) is 0 Å². The van der Waals surface area contributed by atoms with E-state index in [0.717, 1.165) is 31.8 Å². The molecule has 30 heavy (non-hydrogen) atoms. The maximum Gasteiger partial charge on any atom is 0.0546 e. The molecule has 1 aliphatic carbocycles. The molecule has 2 saturated heterocycles. The zero-order chi connectivity index (χ0) is 22.8. The summed E-state index contributed by atoms with van der Waals surface area (Å²) in [7, 11) is 0. The van der Waals surface area contributed by atoms with Gasteiger partial charge in [0.15, 0.2) is 0 Å². The minimum Gasteiger partial charge on any atom is -0.397 e. The molecule has 0 radical (unpaired) electrons. The Morgan fingerprint density at radius 1 is 0.833 bits per heavy atom. The van der Waals surface area contributed by atoms with Gasteiger partial charge in [-0.15, -0.1) is 0 Å². The first kappa shape index (κ1) is 29.8. The van der Waals surface area contributed by atoms with E-state index in [4.69, 9.17) is 10.2 Å². The topological polar surface area (TPSA) is 59.0 Å². The van der Waals surface area contributed by atoms with E-state index < -0.39 is 0 Å². The van der Waals surface area contributed by atoms with Crippen molar-refractivity contribution in [3.05, 3.63) is 0 Å². The number of hydrogen-bond acceptors (Lipinski definition) is 5. The number of rotatable bonds is 5. The van der Waals surface area contributed by atoms with Crippen LogP contribution in [0.1, 0.15) is 86.5 Å². The van der Waals surface area contributed by atoms with Gasteiger partial charge in [0.2, 0.25) is 0 Å². The smallest absolute Gasteiger partial charge is 0.0546 e. The third kappa shape index (κ3) is 15.6. The Morgan fingerprint density at radius 3 is 1.67 bits per heavy atom. The number of nitrogens with one attached hydrogen (secondary N) is 1. The Morgan fingerprint density at radius 2 is 1.30 bits per heavy atom. The van der Waals surface area contributed by atoms with Gasteiger partial charge in [0, 0.05) is 6.61 Å². The quantitative estimate of drug-likeness (QED) is 0.617. The van der Waals surface area contributed by atoms with Crippen LogP contribution in [0.2, 0.25) is 0 Å². The lowest BCUT2D eigenvalue weighted by atomic mass is 9.82. The molecule has 2 heterocycles. The average Bonchev–Trinajstić information content (AvgIpc) is 2.72. The first-order valence-corrected chi connectivity index (χ1v) is 12.8. The number of likely N-dealkylation sites (tertiary alicyclic amines) is 2. The van der Waals surface area contributed by atoms with Crippen LogP contribution >= 0.6 is 0 Å². The Bertz CT molecular complexity index is 357. The molecular weight excluding hydrogens is 374 g/mol. The number of hydrogen-bond donors (Lipinski definition) is 3. The molecule has 2 aliphatic heterocycles. The SMILES string of the molecule is CCN1CCC(C)(C)CC1.CCN1CCCCC1.CCNCC1CC(O)C1.CCO. The van der Waals surface area contributed by atoms with E-state index in [1.54, 1.807) is 6.92 Å². The van der Waals surface area contributed by atoms with Crippen LogP contribution in [0.3, 0.4) is 0 Å². The Balaban J connectivity index is 0.000000396. The van der Waals surface area contributed by atoms with Crippen molar-refractivity contribution < 1.29 is 10.2 Å². The van der Waals surface area contributed by atoms with Crippen molar-refractivity contribution in [2.45, 2.75) is 92.6 Å². The maximum absolute atomic E-state index is 8.89.